The Labute approximate surface area is 104 Å². The standard InChI is InChI=1S/C13H26N2O2/c1-3-14-12(13(16)17)10-15(4-2)11-8-6-5-7-9-11/h11-12,14H,3-10H2,1-2H3,(H,16,17). The number of carbonyl (C=O) groups is 1. The summed E-state index contributed by atoms with van der Waals surface area (Å²) >= 11 is 0. The first-order valence-corrected chi connectivity index (χ1v) is 6.89. The van der Waals surface area contributed by atoms with Crippen LogP contribution in [0.1, 0.15) is 46.0 Å². The average molecular weight is 242 g/mol. The molecular weight excluding hydrogens is 216 g/mol. The van der Waals surface area contributed by atoms with Gasteiger partial charge < -0.3 is 10.4 Å². The molecule has 4 nitrogen and oxygen atoms in total. The molecule has 0 aromatic rings. The van der Waals surface area contributed by atoms with Crippen LogP contribution in [0.3, 0.4) is 0 Å². The molecule has 0 heterocycles. The van der Waals surface area contributed by atoms with Crippen LogP contribution in [0.2, 0.25) is 0 Å². The van der Waals surface area contributed by atoms with Crippen LogP contribution in [0.25, 0.3) is 0 Å². The van der Waals surface area contributed by atoms with E-state index >= 15 is 0 Å². The van der Waals surface area contributed by atoms with Crippen LogP contribution in [0, 0.1) is 0 Å². The molecule has 4 heteroatoms. The van der Waals surface area contributed by atoms with E-state index in [1.807, 2.05) is 6.92 Å². The summed E-state index contributed by atoms with van der Waals surface area (Å²) in [5, 5.41) is 12.2. The lowest BCUT2D eigenvalue weighted by Crippen LogP contribution is -2.49. The van der Waals surface area contributed by atoms with Crippen molar-refractivity contribution in [2.75, 3.05) is 19.6 Å². The minimum Gasteiger partial charge on any atom is -0.480 e. The largest absolute Gasteiger partial charge is 0.480 e. The first kappa shape index (κ1) is 14.5. The van der Waals surface area contributed by atoms with Gasteiger partial charge in [0.25, 0.3) is 0 Å². The third kappa shape index (κ3) is 4.64. The Hall–Kier alpha value is -0.610. The minimum absolute atomic E-state index is 0.429. The molecule has 0 aromatic heterocycles. The number of aliphatic carboxylic acids is 1. The first-order chi connectivity index (χ1) is 8.19. The average Bonchev–Trinajstić information content (AvgIpc) is 2.35. The molecule has 0 aromatic carbocycles. The summed E-state index contributed by atoms with van der Waals surface area (Å²) in [6.07, 6.45) is 6.38. The lowest BCUT2D eigenvalue weighted by atomic mass is 9.94. The number of rotatable bonds is 7. The molecule has 1 rings (SSSR count). The van der Waals surface area contributed by atoms with Gasteiger partial charge in [-0.05, 0) is 25.9 Å². The molecule has 0 aliphatic heterocycles. The number of carboxylic acids is 1. The molecule has 100 valence electrons. The molecule has 1 atom stereocenters. The Kier molecular flexibility index (Phi) is 6.52. The summed E-state index contributed by atoms with van der Waals surface area (Å²) in [6, 6.07) is 0.163. The highest BCUT2D eigenvalue weighted by atomic mass is 16.4. The van der Waals surface area contributed by atoms with Crippen molar-refractivity contribution in [2.24, 2.45) is 0 Å². The van der Waals surface area contributed by atoms with E-state index in [9.17, 15) is 4.79 Å². The number of nitrogens with zero attached hydrogens (tertiary/aromatic N) is 1. The fraction of sp³-hybridized carbons (Fsp3) is 0.923. The molecule has 1 fully saturated rings. The predicted octanol–water partition coefficient (Wildman–Crippen LogP) is 1.70. The third-order valence-corrected chi connectivity index (χ3v) is 3.66. The van der Waals surface area contributed by atoms with Crippen molar-refractivity contribution in [3.63, 3.8) is 0 Å². The molecule has 0 amide bonds. The van der Waals surface area contributed by atoms with Gasteiger partial charge in [0.1, 0.15) is 6.04 Å². The Bertz CT molecular complexity index is 227. The third-order valence-electron chi connectivity index (χ3n) is 3.66. The second kappa shape index (κ2) is 7.67. The maximum absolute atomic E-state index is 11.1. The smallest absolute Gasteiger partial charge is 0.322 e. The van der Waals surface area contributed by atoms with Gasteiger partial charge in [-0.25, -0.2) is 0 Å². The van der Waals surface area contributed by atoms with E-state index in [0.717, 1.165) is 6.54 Å². The van der Waals surface area contributed by atoms with Crippen molar-refractivity contribution < 1.29 is 9.90 Å². The van der Waals surface area contributed by atoms with Gasteiger partial charge in [-0.3, -0.25) is 9.69 Å². The first-order valence-electron chi connectivity index (χ1n) is 6.89. The van der Waals surface area contributed by atoms with Gasteiger partial charge >= 0.3 is 5.97 Å². The number of hydrogen-bond acceptors (Lipinski definition) is 3. The van der Waals surface area contributed by atoms with Crippen LogP contribution >= 0.6 is 0 Å². The SMILES string of the molecule is CCNC(CN(CC)C1CCCCC1)C(=O)O. The molecule has 2 N–H and O–H groups in total. The van der Waals surface area contributed by atoms with Crippen molar-refractivity contribution in [3.05, 3.63) is 0 Å². The zero-order chi connectivity index (χ0) is 12.7. The van der Waals surface area contributed by atoms with Crippen LogP contribution in [-0.2, 0) is 4.79 Å². The molecule has 1 saturated carbocycles. The number of hydrogen-bond donors (Lipinski definition) is 2. The summed E-state index contributed by atoms with van der Waals surface area (Å²) in [4.78, 5) is 13.5. The van der Waals surface area contributed by atoms with E-state index in [0.29, 0.717) is 19.1 Å². The van der Waals surface area contributed by atoms with Gasteiger partial charge in [-0.2, -0.15) is 0 Å². The van der Waals surface area contributed by atoms with Crippen LogP contribution in [0.5, 0.6) is 0 Å². The van der Waals surface area contributed by atoms with Crippen molar-refractivity contribution in [2.45, 2.75) is 58.0 Å². The van der Waals surface area contributed by atoms with Crippen molar-refractivity contribution in [1.82, 2.24) is 10.2 Å². The fourth-order valence-electron chi connectivity index (χ4n) is 2.69. The Morgan fingerprint density at radius 2 is 2.00 bits per heavy atom. The highest BCUT2D eigenvalue weighted by molar-refractivity contribution is 5.73. The van der Waals surface area contributed by atoms with E-state index in [4.69, 9.17) is 5.11 Å². The van der Waals surface area contributed by atoms with E-state index in [1.165, 1.54) is 32.1 Å². The number of carboxylic acid groups (broad SMARTS) is 1. The minimum atomic E-state index is -0.735. The monoisotopic (exact) mass is 242 g/mol. The van der Waals surface area contributed by atoms with E-state index in [2.05, 4.69) is 17.1 Å². The summed E-state index contributed by atoms with van der Waals surface area (Å²) in [6.45, 7) is 6.36. The van der Waals surface area contributed by atoms with E-state index < -0.39 is 12.0 Å². The summed E-state index contributed by atoms with van der Waals surface area (Å²) < 4.78 is 0. The highest BCUT2D eigenvalue weighted by Gasteiger charge is 2.25. The maximum atomic E-state index is 11.1. The molecule has 17 heavy (non-hydrogen) atoms. The Morgan fingerprint density at radius 3 is 2.47 bits per heavy atom. The Balaban J connectivity index is 2.50. The van der Waals surface area contributed by atoms with E-state index in [-0.39, 0.29) is 0 Å². The Morgan fingerprint density at radius 1 is 1.35 bits per heavy atom. The number of likely N-dealkylation sites (N-methyl/N-ethyl adjacent to an activating group) is 2. The number of nitrogens with one attached hydrogen (secondary N) is 1. The summed E-state index contributed by atoms with van der Waals surface area (Å²) in [5.74, 6) is -0.735. The van der Waals surface area contributed by atoms with Crippen LogP contribution in [0.15, 0.2) is 0 Å². The normalized spacial score (nSPS) is 19.5. The van der Waals surface area contributed by atoms with E-state index in [1.54, 1.807) is 0 Å². The topological polar surface area (TPSA) is 52.6 Å². The predicted molar refractivity (Wildman–Crippen MR) is 69.2 cm³/mol. The van der Waals surface area contributed by atoms with Crippen molar-refractivity contribution in [3.8, 4) is 0 Å². The van der Waals surface area contributed by atoms with Gasteiger partial charge in [-0.1, -0.05) is 33.1 Å². The quantitative estimate of drug-likeness (QED) is 0.713. The van der Waals surface area contributed by atoms with Crippen molar-refractivity contribution in [1.29, 1.82) is 0 Å². The van der Waals surface area contributed by atoms with Gasteiger partial charge in [0.05, 0.1) is 0 Å². The van der Waals surface area contributed by atoms with Gasteiger partial charge in [0.2, 0.25) is 0 Å². The van der Waals surface area contributed by atoms with Crippen LogP contribution in [0.4, 0.5) is 0 Å². The highest BCUT2D eigenvalue weighted by Crippen LogP contribution is 2.22. The zero-order valence-corrected chi connectivity index (χ0v) is 11.1. The lowest BCUT2D eigenvalue weighted by Gasteiger charge is -2.35. The molecule has 0 radical (unpaired) electrons. The molecule has 0 bridgehead atoms. The summed E-state index contributed by atoms with van der Waals surface area (Å²) in [5.41, 5.74) is 0. The molecule has 1 aliphatic rings. The lowest BCUT2D eigenvalue weighted by molar-refractivity contribution is -0.140. The molecule has 1 aliphatic carbocycles. The summed E-state index contributed by atoms with van der Waals surface area (Å²) in [7, 11) is 0. The van der Waals surface area contributed by atoms with Gasteiger partial charge in [0.15, 0.2) is 0 Å². The van der Waals surface area contributed by atoms with Crippen molar-refractivity contribution >= 4 is 5.97 Å². The molecule has 0 spiro atoms. The van der Waals surface area contributed by atoms with Gasteiger partial charge in [-0.15, -0.1) is 0 Å². The van der Waals surface area contributed by atoms with Gasteiger partial charge in [0, 0.05) is 12.6 Å². The van der Waals surface area contributed by atoms with Crippen LogP contribution < -0.4 is 5.32 Å². The fourth-order valence-corrected chi connectivity index (χ4v) is 2.69. The zero-order valence-electron chi connectivity index (χ0n) is 11.1. The molecule has 1 unspecified atom stereocenters. The molecule has 0 saturated heterocycles. The maximum Gasteiger partial charge on any atom is 0.322 e. The van der Waals surface area contributed by atoms with Crippen LogP contribution in [-0.4, -0.2) is 47.7 Å². The molecular formula is C13H26N2O2. The second-order valence-electron chi connectivity index (χ2n) is 4.83. The second-order valence-corrected chi connectivity index (χ2v) is 4.83.